The molecule has 2 aliphatic heterocycles. The van der Waals surface area contributed by atoms with Crippen LogP contribution in [-0.2, 0) is 0 Å². The molecule has 0 aliphatic carbocycles. The molecule has 0 unspecified atom stereocenters. The van der Waals surface area contributed by atoms with Crippen molar-refractivity contribution < 1.29 is 17.9 Å². The van der Waals surface area contributed by atoms with E-state index in [9.17, 15) is 0 Å². The Labute approximate surface area is 167 Å². The summed E-state index contributed by atoms with van der Waals surface area (Å²) < 4.78 is 37.0. The van der Waals surface area contributed by atoms with E-state index in [1.165, 1.54) is 12.1 Å². The number of ether oxygens (including phenoxy) is 1. The predicted octanol–water partition coefficient (Wildman–Crippen LogP) is 5.59. The number of methoxy groups -OCH3 is 1. The molecule has 134 valence electrons. The molecular formula is C16H9BCl4F2N2O. The number of nitrogens with zero attached hydrogens (tertiary/aromatic N) is 2. The van der Waals surface area contributed by atoms with Crippen molar-refractivity contribution in [1.29, 1.82) is 0 Å². The number of hydrogen-bond acceptors (Lipinski definition) is 1. The fraction of sp³-hybridized carbons (Fsp3) is 0.0625. The number of benzene rings is 1. The van der Waals surface area contributed by atoms with Crippen molar-refractivity contribution in [3.63, 3.8) is 0 Å². The van der Waals surface area contributed by atoms with Crippen molar-refractivity contribution in [1.82, 2.24) is 4.48 Å². The monoisotopic (exact) mass is 434 g/mol. The topological polar surface area (TPSA) is 17.2 Å². The number of hydrogen-bond donors (Lipinski definition) is 0. The van der Waals surface area contributed by atoms with Crippen LogP contribution >= 0.6 is 46.4 Å². The minimum absolute atomic E-state index is 0.0298. The summed E-state index contributed by atoms with van der Waals surface area (Å²) in [4.78, 5) is 0. The van der Waals surface area contributed by atoms with Gasteiger partial charge in [-0.05, 0) is 35.4 Å². The van der Waals surface area contributed by atoms with Crippen LogP contribution in [-0.4, -0.2) is 28.2 Å². The Morgan fingerprint density at radius 2 is 1.73 bits per heavy atom. The first-order chi connectivity index (χ1) is 12.3. The molecule has 3 nitrogen and oxygen atoms in total. The lowest BCUT2D eigenvalue weighted by molar-refractivity contribution is -0.358. The molecule has 4 rings (SSSR count). The number of halogens is 6. The molecule has 0 saturated heterocycles. The Morgan fingerprint density at radius 1 is 1.08 bits per heavy atom. The van der Waals surface area contributed by atoms with E-state index in [1.807, 2.05) is 0 Å². The number of allylic oxidation sites excluding steroid dienone is 2. The Hall–Kier alpha value is -1.47. The van der Waals surface area contributed by atoms with Gasteiger partial charge < -0.3 is 22.3 Å². The van der Waals surface area contributed by atoms with E-state index in [4.69, 9.17) is 51.1 Å². The second-order valence-electron chi connectivity index (χ2n) is 5.77. The van der Waals surface area contributed by atoms with E-state index in [0.29, 0.717) is 25.9 Å². The van der Waals surface area contributed by atoms with Crippen molar-refractivity contribution >= 4 is 64.1 Å². The van der Waals surface area contributed by atoms with Gasteiger partial charge >= 0.3 is 6.97 Å². The quantitative estimate of drug-likeness (QED) is 0.562. The maximum absolute atomic E-state index is 15.2. The Balaban J connectivity index is 2.09. The number of aromatic nitrogens is 1. The van der Waals surface area contributed by atoms with Gasteiger partial charge in [0.15, 0.2) is 5.70 Å². The largest absolute Gasteiger partial charge is 0.739 e. The molecule has 0 amide bonds. The third-order valence-electron chi connectivity index (χ3n) is 4.38. The molecule has 0 N–H and O–H groups in total. The average molecular weight is 436 g/mol. The number of fused-ring (bicyclic) bond motifs is 2. The maximum atomic E-state index is 15.2. The molecule has 0 saturated carbocycles. The summed E-state index contributed by atoms with van der Waals surface area (Å²) in [7, 11) is 1.54. The smallest absolute Gasteiger partial charge is 0.497 e. The van der Waals surface area contributed by atoms with Crippen molar-refractivity contribution in [2.75, 3.05) is 7.11 Å². The van der Waals surface area contributed by atoms with Crippen LogP contribution in [0.1, 0.15) is 11.3 Å². The van der Waals surface area contributed by atoms with Crippen LogP contribution < -0.4 is 4.74 Å². The Kier molecular flexibility index (Phi) is 4.15. The molecule has 2 aromatic rings. The predicted molar refractivity (Wildman–Crippen MR) is 102 cm³/mol. The van der Waals surface area contributed by atoms with E-state index in [0.717, 1.165) is 0 Å². The fourth-order valence-corrected chi connectivity index (χ4v) is 4.15. The highest BCUT2D eigenvalue weighted by atomic mass is 35.5. The SMILES string of the molecule is COc1ccc(C2=C3C=C(Cl)C(Cl)=[N+]3[B-](F)(F)n3c2cc(Cl)c3Cl)cc1. The third-order valence-corrected chi connectivity index (χ3v) is 5.92. The van der Waals surface area contributed by atoms with Crippen molar-refractivity contribution in [2.24, 2.45) is 0 Å². The molecule has 1 aromatic heterocycles. The van der Waals surface area contributed by atoms with Crippen LogP contribution in [0.2, 0.25) is 10.2 Å². The summed E-state index contributed by atoms with van der Waals surface area (Å²) >= 11 is 24.3. The van der Waals surface area contributed by atoms with Gasteiger partial charge in [-0.3, -0.25) is 0 Å². The zero-order valence-electron chi connectivity index (χ0n) is 13.1. The van der Waals surface area contributed by atoms with Gasteiger partial charge in [0.05, 0.1) is 22.9 Å². The second-order valence-corrected chi connectivity index (χ2v) is 7.30. The van der Waals surface area contributed by atoms with Crippen LogP contribution in [0.4, 0.5) is 8.63 Å². The molecule has 3 heterocycles. The van der Waals surface area contributed by atoms with E-state index in [1.54, 1.807) is 31.4 Å². The molecule has 10 heteroatoms. The van der Waals surface area contributed by atoms with Crippen LogP contribution in [0.5, 0.6) is 5.75 Å². The molecule has 2 aliphatic rings. The lowest BCUT2D eigenvalue weighted by Crippen LogP contribution is -2.50. The Morgan fingerprint density at radius 3 is 2.35 bits per heavy atom. The molecule has 0 spiro atoms. The normalized spacial score (nSPS) is 18.0. The van der Waals surface area contributed by atoms with Crippen LogP contribution in [0.25, 0.3) is 5.57 Å². The standard InChI is InChI=1S/C16H9BCl4F2N2O/c1-26-9-4-2-8(3-5-9)14-12-6-10(18)15(20)24(12)17(22,23)25-13(14)7-11(19)16(25)21/h2-7H,1H3. The van der Waals surface area contributed by atoms with Gasteiger partial charge in [-0.15, -0.1) is 0 Å². The first-order valence-electron chi connectivity index (χ1n) is 7.44. The van der Waals surface area contributed by atoms with Gasteiger partial charge in [0, 0.05) is 11.8 Å². The highest BCUT2D eigenvalue weighted by Crippen LogP contribution is 2.45. The summed E-state index contributed by atoms with van der Waals surface area (Å²) in [6, 6.07) is 8.38. The average Bonchev–Trinajstić information content (AvgIpc) is 3.06. The van der Waals surface area contributed by atoms with E-state index >= 15 is 8.63 Å². The zero-order valence-corrected chi connectivity index (χ0v) is 16.1. The number of rotatable bonds is 2. The van der Waals surface area contributed by atoms with Gasteiger partial charge in [0.2, 0.25) is 5.17 Å². The van der Waals surface area contributed by atoms with Crippen molar-refractivity contribution in [2.45, 2.75) is 0 Å². The lowest BCUT2D eigenvalue weighted by atomic mass is 9.86. The lowest BCUT2D eigenvalue weighted by Gasteiger charge is -2.31. The fourth-order valence-electron chi connectivity index (χ4n) is 3.23. The zero-order chi connectivity index (χ0) is 18.8. The van der Waals surface area contributed by atoms with Crippen molar-refractivity contribution in [3.8, 4) is 5.75 Å². The molecular weight excluding hydrogens is 427 g/mol. The van der Waals surface area contributed by atoms with E-state index < -0.39 is 6.97 Å². The van der Waals surface area contributed by atoms with Gasteiger partial charge in [-0.25, -0.2) is 0 Å². The van der Waals surface area contributed by atoms with Crippen LogP contribution in [0.3, 0.4) is 0 Å². The Bertz CT molecular complexity index is 1040. The highest BCUT2D eigenvalue weighted by Gasteiger charge is 2.56. The molecule has 1 aromatic carbocycles. The van der Waals surface area contributed by atoms with Gasteiger partial charge in [-0.1, -0.05) is 46.9 Å². The first kappa shape index (κ1) is 17.9. The third kappa shape index (κ3) is 2.36. The van der Waals surface area contributed by atoms with Gasteiger partial charge in [0.1, 0.15) is 10.8 Å². The molecule has 0 bridgehead atoms. The van der Waals surface area contributed by atoms with Gasteiger partial charge in [-0.2, -0.15) is 0 Å². The summed E-state index contributed by atoms with van der Waals surface area (Å²) in [5.41, 5.74) is 1.53. The summed E-state index contributed by atoms with van der Waals surface area (Å²) in [6.45, 7) is -4.36. The molecule has 0 atom stereocenters. The van der Waals surface area contributed by atoms with E-state index in [-0.39, 0.29) is 31.8 Å². The molecule has 0 radical (unpaired) electrons. The van der Waals surface area contributed by atoms with E-state index in [2.05, 4.69) is 0 Å². The second kappa shape index (κ2) is 6.03. The first-order valence-corrected chi connectivity index (χ1v) is 8.95. The minimum Gasteiger partial charge on any atom is -0.497 e. The minimum atomic E-state index is -4.36. The van der Waals surface area contributed by atoms with Gasteiger partial charge in [0.25, 0.3) is 0 Å². The molecule has 26 heavy (non-hydrogen) atoms. The van der Waals surface area contributed by atoms with Crippen LogP contribution in [0.15, 0.2) is 47.1 Å². The maximum Gasteiger partial charge on any atom is 0.739 e. The van der Waals surface area contributed by atoms with Crippen LogP contribution in [0, 0.1) is 0 Å². The summed E-state index contributed by atoms with van der Waals surface area (Å²) in [6.07, 6.45) is 1.41. The summed E-state index contributed by atoms with van der Waals surface area (Å²) in [5, 5.41) is -0.460. The highest BCUT2D eigenvalue weighted by molar-refractivity contribution is 6.77. The summed E-state index contributed by atoms with van der Waals surface area (Å²) in [5.74, 6) is 0.637. The van der Waals surface area contributed by atoms with Crippen molar-refractivity contribution in [3.05, 3.63) is 68.6 Å². The molecule has 0 fully saturated rings.